The van der Waals surface area contributed by atoms with Gasteiger partial charge in [-0.3, -0.25) is 14.4 Å². The Labute approximate surface area is 240 Å². The van der Waals surface area contributed by atoms with Crippen molar-refractivity contribution < 1.29 is 39.7 Å². The molecule has 1 aliphatic rings. The number of phosphoric acid groups is 1. The van der Waals surface area contributed by atoms with Gasteiger partial charge in [-0.25, -0.2) is 19.2 Å². The molecule has 0 saturated carbocycles. The molecule has 1 saturated heterocycles. The zero-order valence-electron chi connectivity index (χ0n) is 22.8. The molecule has 0 aliphatic carbocycles. The van der Waals surface area contributed by atoms with Crippen molar-refractivity contribution in [1.29, 1.82) is 0 Å². The van der Waals surface area contributed by atoms with Crippen molar-refractivity contribution in [3.63, 3.8) is 0 Å². The summed E-state index contributed by atoms with van der Waals surface area (Å²) in [4.78, 5) is 45.2. The highest BCUT2D eigenvalue weighted by Gasteiger charge is 2.11. The largest absolute Gasteiger partial charge is 0.489 e. The molecule has 4 aromatic rings. The van der Waals surface area contributed by atoms with Crippen LogP contribution >= 0.6 is 7.82 Å². The molecule has 228 valence electrons. The van der Waals surface area contributed by atoms with E-state index in [1.807, 2.05) is 37.5 Å². The number of aromatic nitrogens is 6. The summed E-state index contributed by atoms with van der Waals surface area (Å²) in [6.07, 6.45) is 6.98. The van der Waals surface area contributed by atoms with E-state index in [9.17, 15) is 4.79 Å². The van der Waals surface area contributed by atoms with Crippen LogP contribution in [0.3, 0.4) is 0 Å². The van der Waals surface area contributed by atoms with E-state index in [1.165, 1.54) is 10.7 Å². The van der Waals surface area contributed by atoms with Crippen molar-refractivity contribution >= 4 is 7.82 Å². The predicted molar refractivity (Wildman–Crippen MR) is 152 cm³/mol. The van der Waals surface area contributed by atoms with Crippen LogP contribution in [-0.4, -0.2) is 99.5 Å². The highest BCUT2D eigenvalue weighted by molar-refractivity contribution is 7.45. The number of benzene rings is 1. The van der Waals surface area contributed by atoms with Crippen LogP contribution in [0.1, 0.15) is 5.56 Å². The average Bonchev–Trinajstić information content (AvgIpc) is 3.36. The van der Waals surface area contributed by atoms with Crippen LogP contribution in [-0.2, 0) is 22.9 Å². The molecule has 7 N–H and O–H groups in total. The number of ether oxygens (including phenoxy) is 2. The van der Waals surface area contributed by atoms with E-state index in [0.29, 0.717) is 30.4 Å². The molecular weight excluding hydrogens is 573 g/mol. The maximum absolute atomic E-state index is 12.4. The van der Waals surface area contributed by atoms with Crippen LogP contribution in [0.25, 0.3) is 22.6 Å². The Morgan fingerprint density at radius 3 is 2.33 bits per heavy atom. The number of hydrogen-bond acceptors (Lipinski definition) is 9. The minimum absolute atomic E-state index is 0. The maximum Gasteiger partial charge on any atom is 0.466 e. The summed E-state index contributed by atoms with van der Waals surface area (Å²) in [6, 6.07) is 11.0. The van der Waals surface area contributed by atoms with Gasteiger partial charge in [0, 0.05) is 50.1 Å². The lowest BCUT2D eigenvalue weighted by Gasteiger charge is -2.26. The average molecular weight is 608 g/mol. The van der Waals surface area contributed by atoms with E-state index in [-0.39, 0.29) is 16.5 Å². The number of morpholine rings is 1. The Morgan fingerprint density at radius 1 is 1.00 bits per heavy atom. The lowest BCUT2D eigenvalue weighted by Crippen LogP contribution is -2.38. The normalized spacial score (nSPS) is 13.2. The second-order valence-corrected chi connectivity index (χ2v) is 9.90. The summed E-state index contributed by atoms with van der Waals surface area (Å²) in [5.41, 5.74) is 3.17. The van der Waals surface area contributed by atoms with Crippen LogP contribution in [0.4, 0.5) is 0 Å². The van der Waals surface area contributed by atoms with Crippen LogP contribution in [0.5, 0.6) is 5.75 Å². The van der Waals surface area contributed by atoms with Crippen molar-refractivity contribution in [1.82, 2.24) is 34.4 Å². The molecular formula is C25H34N7O9P. The molecule has 5 rings (SSSR count). The second-order valence-electron chi connectivity index (χ2n) is 8.88. The van der Waals surface area contributed by atoms with E-state index < -0.39 is 7.82 Å². The summed E-state index contributed by atoms with van der Waals surface area (Å²) in [5, 5.41) is 8.70. The van der Waals surface area contributed by atoms with Gasteiger partial charge in [0.25, 0.3) is 5.56 Å². The van der Waals surface area contributed by atoms with Crippen molar-refractivity contribution in [3.05, 3.63) is 77.1 Å². The van der Waals surface area contributed by atoms with E-state index in [4.69, 9.17) is 28.7 Å². The Balaban J connectivity index is 0.000000814. The van der Waals surface area contributed by atoms with Gasteiger partial charge in [-0.1, -0.05) is 18.2 Å². The Bertz CT molecular complexity index is 1490. The molecule has 42 heavy (non-hydrogen) atoms. The SMILES string of the molecule is Cn1cc(-c2ccc(=O)n(Cc3cccc(-c4ncc(OCCN5CCOCC5)cn4)c3)n2)cn1.O.O.O=P(O)(O)O. The summed E-state index contributed by atoms with van der Waals surface area (Å²) in [5.74, 6) is 1.23. The number of rotatable bonds is 8. The van der Waals surface area contributed by atoms with Gasteiger partial charge in [0.1, 0.15) is 6.61 Å². The van der Waals surface area contributed by atoms with Gasteiger partial charge in [0.15, 0.2) is 11.6 Å². The van der Waals surface area contributed by atoms with Crippen LogP contribution in [0, 0.1) is 0 Å². The molecule has 17 heteroatoms. The summed E-state index contributed by atoms with van der Waals surface area (Å²) in [6.45, 7) is 5.19. The maximum atomic E-state index is 12.4. The van der Waals surface area contributed by atoms with Gasteiger partial charge in [-0.2, -0.15) is 10.2 Å². The topological polar surface area (TPSA) is 241 Å². The minimum atomic E-state index is -4.64. The molecule has 0 radical (unpaired) electrons. The zero-order chi connectivity index (χ0) is 28.5. The van der Waals surface area contributed by atoms with Crippen LogP contribution in [0.2, 0.25) is 0 Å². The molecule has 0 amide bonds. The second kappa shape index (κ2) is 16.0. The van der Waals surface area contributed by atoms with E-state index in [0.717, 1.165) is 49.5 Å². The fourth-order valence-electron chi connectivity index (χ4n) is 3.91. The van der Waals surface area contributed by atoms with Gasteiger partial charge >= 0.3 is 7.82 Å². The first-order chi connectivity index (χ1) is 19.1. The number of nitrogens with zero attached hydrogens (tertiary/aromatic N) is 7. The fourth-order valence-corrected chi connectivity index (χ4v) is 3.91. The predicted octanol–water partition coefficient (Wildman–Crippen LogP) is -0.718. The quantitative estimate of drug-likeness (QED) is 0.210. The van der Waals surface area contributed by atoms with Crippen molar-refractivity contribution in [2.24, 2.45) is 7.05 Å². The molecule has 1 fully saturated rings. The van der Waals surface area contributed by atoms with Gasteiger partial charge in [-0.15, -0.1) is 0 Å². The molecule has 0 spiro atoms. The Hall–Kier alpha value is -3.86. The van der Waals surface area contributed by atoms with Crippen molar-refractivity contribution in [2.75, 3.05) is 39.5 Å². The van der Waals surface area contributed by atoms with E-state index >= 15 is 0 Å². The molecule has 1 aliphatic heterocycles. The monoisotopic (exact) mass is 607 g/mol. The lowest BCUT2D eigenvalue weighted by molar-refractivity contribution is 0.0322. The third kappa shape index (κ3) is 10.8. The lowest BCUT2D eigenvalue weighted by atomic mass is 10.1. The summed E-state index contributed by atoms with van der Waals surface area (Å²) in [7, 11) is -2.79. The molecule has 1 aromatic carbocycles. The number of aryl methyl sites for hydroxylation is 1. The van der Waals surface area contributed by atoms with E-state index in [1.54, 1.807) is 29.3 Å². The summed E-state index contributed by atoms with van der Waals surface area (Å²) >= 11 is 0. The third-order valence-corrected chi connectivity index (χ3v) is 5.79. The molecule has 3 aromatic heterocycles. The molecule has 4 heterocycles. The molecule has 0 bridgehead atoms. The first kappa shape index (κ1) is 34.3. The fraction of sp³-hybridized carbons (Fsp3) is 0.320. The zero-order valence-corrected chi connectivity index (χ0v) is 23.7. The highest BCUT2D eigenvalue weighted by atomic mass is 31.2. The smallest absolute Gasteiger partial charge is 0.466 e. The minimum Gasteiger partial charge on any atom is -0.489 e. The van der Waals surface area contributed by atoms with Crippen molar-refractivity contribution in [3.8, 4) is 28.4 Å². The molecule has 16 nitrogen and oxygen atoms in total. The summed E-state index contributed by atoms with van der Waals surface area (Å²) < 4.78 is 23.2. The third-order valence-electron chi connectivity index (χ3n) is 5.79. The first-order valence-electron chi connectivity index (χ1n) is 12.3. The van der Waals surface area contributed by atoms with Crippen LogP contribution in [0.15, 0.2) is 66.0 Å². The molecule has 0 unspecified atom stereocenters. The molecule has 0 atom stereocenters. The van der Waals surface area contributed by atoms with Crippen LogP contribution < -0.4 is 10.3 Å². The Morgan fingerprint density at radius 2 is 1.69 bits per heavy atom. The standard InChI is InChI=1S/C25H27N7O3.H3O4P.2H2O/c1-30-18-21(14-28-30)23-5-6-24(33)32(29-23)17-19-3-2-4-20(13-19)25-26-15-22(16-27-25)35-12-9-31-7-10-34-11-8-31;1-5(2,3)4;;/h2-6,13-16,18H,7-12,17H2,1H3;(H3,1,2,3,4);2*1H2. The van der Waals surface area contributed by atoms with Gasteiger partial charge in [0.05, 0.1) is 44.0 Å². The highest BCUT2D eigenvalue weighted by Crippen LogP contribution is 2.25. The first-order valence-corrected chi connectivity index (χ1v) is 13.9. The van der Waals surface area contributed by atoms with Gasteiger partial charge in [0.2, 0.25) is 0 Å². The van der Waals surface area contributed by atoms with E-state index in [2.05, 4.69) is 25.1 Å². The van der Waals surface area contributed by atoms with Crippen molar-refractivity contribution in [2.45, 2.75) is 6.54 Å². The Kier molecular flexibility index (Phi) is 13.0. The van der Waals surface area contributed by atoms with Gasteiger partial charge in [-0.05, 0) is 17.7 Å². The van der Waals surface area contributed by atoms with Gasteiger partial charge < -0.3 is 35.1 Å². The number of hydrogen-bond donors (Lipinski definition) is 3.